The van der Waals surface area contributed by atoms with Gasteiger partial charge >= 0.3 is 5.97 Å². The maximum atomic E-state index is 10.8. The lowest BCUT2D eigenvalue weighted by molar-refractivity contribution is -0.141. The number of hydrogen-bond donors (Lipinski definition) is 2. The smallest absolute Gasteiger partial charge is 0.308 e. The Morgan fingerprint density at radius 1 is 1.65 bits per heavy atom. The summed E-state index contributed by atoms with van der Waals surface area (Å²) in [5.74, 6) is -1.32. The monoisotopic (exact) mass is 252 g/mol. The van der Waals surface area contributed by atoms with Crippen LogP contribution in [-0.2, 0) is 4.79 Å². The zero-order valence-corrected chi connectivity index (χ0v) is 10.2. The van der Waals surface area contributed by atoms with Gasteiger partial charge in [0.2, 0.25) is 0 Å². The Labute approximate surface area is 105 Å². The van der Waals surface area contributed by atoms with E-state index in [-0.39, 0.29) is 6.54 Å². The van der Waals surface area contributed by atoms with Gasteiger partial charge in [-0.05, 0) is 18.6 Å². The van der Waals surface area contributed by atoms with Gasteiger partial charge in [-0.1, -0.05) is 24.6 Å². The number of nitrogens with zero attached hydrogens (tertiary/aromatic N) is 1. The van der Waals surface area contributed by atoms with E-state index in [0.717, 1.165) is 0 Å². The van der Waals surface area contributed by atoms with E-state index in [1.807, 2.05) is 13.0 Å². The van der Waals surface area contributed by atoms with Crippen molar-refractivity contribution >= 4 is 23.3 Å². The molecule has 0 aliphatic heterocycles. The molecule has 0 saturated heterocycles. The van der Waals surface area contributed by atoms with Crippen molar-refractivity contribution in [3.63, 3.8) is 0 Å². The van der Waals surface area contributed by atoms with Crippen LogP contribution in [-0.4, -0.2) is 17.6 Å². The van der Waals surface area contributed by atoms with Crippen LogP contribution < -0.4 is 5.32 Å². The van der Waals surface area contributed by atoms with Gasteiger partial charge in [0.1, 0.15) is 6.07 Å². The van der Waals surface area contributed by atoms with Gasteiger partial charge in [-0.25, -0.2) is 0 Å². The van der Waals surface area contributed by atoms with Crippen LogP contribution in [0.2, 0.25) is 5.02 Å². The number of benzene rings is 1. The van der Waals surface area contributed by atoms with Gasteiger partial charge in [0.15, 0.2) is 0 Å². The number of nitriles is 1. The van der Waals surface area contributed by atoms with E-state index in [9.17, 15) is 4.79 Å². The second kappa shape index (κ2) is 6.12. The molecule has 4 nitrogen and oxygen atoms in total. The molecule has 0 amide bonds. The van der Waals surface area contributed by atoms with Crippen molar-refractivity contribution in [2.45, 2.75) is 13.3 Å². The Balaban J connectivity index is 2.79. The lowest BCUT2D eigenvalue weighted by atomic mass is 10.1. The molecular weight excluding hydrogens is 240 g/mol. The number of anilines is 1. The largest absolute Gasteiger partial charge is 0.481 e. The molecule has 0 spiro atoms. The molecule has 1 unspecified atom stereocenters. The van der Waals surface area contributed by atoms with E-state index >= 15 is 0 Å². The number of carbonyl (C=O) groups is 1. The average molecular weight is 253 g/mol. The summed E-state index contributed by atoms with van der Waals surface area (Å²) in [4.78, 5) is 10.8. The molecule has 0 aliphatic carbocycles. The van der Waals surface area contributed by atoms with Crippen molar-refractivity contribution in [2.75, 3.05) is 11.9 Å². The minimum Gasteiger partial charge on any atom is -0.481 e. The van der Waals surface area contributed by atoms with Gasteiger partial charge in [-0.3, -0.25) is 4.79 Å². The van der Waals surface area contributed by atoms with Gasteiger partial charge in [-0.2, -0.15) is 5.26 Å². The van der Waals surface area contributed by atoms with E-state index in [1.54, 1.807) is 18.2 Å². The molecule has 1 aromatic rings. The highest BCUT2D eigenvalue weighted by atomic mass is 35.5. The molecule has 0 fully saturated rings. The highest BCUT2D eigenvalue weighted by Gasteiger charge is 2.15. The summed E-state index contributed by atoms with van der Waals surface area (Å²) < 4.78 is 0. The van der Waals surface area contributed by atoms with Crippen molar-refractivity contribution in [3.05, 3.63) is 28.8 Å². The highest BCUT2D eigenvalue weighted by Crippen LogP contribution is 2.23. The molecule has 0 bridgehead atoms. The maximum Gasteiger partial charge on any atom is 0.308 e. The van der Waals surface area contributed by atoms with E-state index in [0.29, 0.717) is 22.7 Å². The number of carboxylic acid groups (broad SMARTS) is 1. The molecule has 5 heteroatoms. The normalized spacial score (nSPS) is 11.6. The fraction of sp³-hybridized carbons (Fsp3) is 0.333. The van der Waals surface area contributed by atoms with Crippen LogP contribution in [0.1, 0.15) is 18.9 Å². The van der Waals surface area contributed by atoms with Crippen molar-refractivity contribution in [3.8, 4) is 6.07 Å². The van der Waals surface area contributed by atoms with Gasteiger partial charge < -0.3 is 10.4 Å². The Morgan fingerprint density at radius 3 is 2.88 bits per heavy atom. The van der Waals surface area contributed by atoms with Crippen molar-refractivity contribution in [1.29, 1.82) is 5.26 Å². The van der Waals surface area contributed by atoms with E-state index < -0.39 is 11.9 Å². The second-order valence-corrected chi connectivity index (χ2v) is 4.01. The molecule has 1 rings (SSSR count). The predicted octanol–water partition coefficient (Wildman–Crippen LogP) is 2.73. The fourth-order valence-corrected chi connectivity index (χ4v) is 1.64. The molecule has 0 aromatic heterocycles. The van der Waals surface area contributed by atoms with Crippen molar-refractivity contribution < 1.29 is 9.90 Å². The molecule has 1 aromatic carbocycles. The molecule has 2 N–H and O–H groups in total. The van der Waals surface area contributed by atoms with E-state index in [2.05, 4.69) is 5.32 Å². The number of aliphatic carboxylic acids is 1. The Bertz CT molecular complexity index is 454. The third-order valence-electron chi connectivity index (χ3n) is 2.51. The second-order valence-electron chi connectivity index (χ2n) is 3.60. The van der Waals surface area contributed by atoms with Crippen LogP contribution in [0.15, 0.2) is 18.2 Å². The molecular formula is C12H13ClN2O2. The first kappa shape index (κ1) is 13.3. The Morgan fingerprint density at radius 2 is 2.35 bits per heavy atom. The van der Waals surface area contributed by atoms with Gasteiger partial charge in [-0.15, -0.1) is 0 Å². The van der Waals surface area contributed by atoms with Crippen molar-refractivity contribution in [1.82, 2.24) is 0 Å². The number of rotatable bonds is 5. The summed E-state index contributed by atoms with van der Waals surface area (Å²) in [6, 6.07) is 7.04. The number of carboxylic acids is 1. The number of halogens is 1. The van der Waals surface area contributed by atoms with E-state index in [4.69, 9.17) is 22.0 Å². The predicted molar refractivity (Wildman–Crippen MR) is 66.1 cm³/mol. The lowest BCUT2D eigenvalue weighted by Crippen LogP contribution is -2.22. The number of hydrogen-bond acceptors (Lipinski definition) is 3. The standard InChI is InChI=1S/C12H13ClN2O2/c1-2-8(12(16)17)7-15-11-5-3-4-10(13)9(11)6-14/h3-5,8,15H,2,7H2,1H3,(H,16,17). The zero-order valence-electron chi connectivity index (χ0n) is 9.40. The first-order valence-corrected chi connectivity index (χ1v) is 5.63. The topological polar surface area (TPSA) is 73.1 Å². The molecule has 1 atom stereocenters. The third-order valence-corrected chi connectivity index (χ3v) is 2.82. The van der Waals surface area contributed by atoms with Crippen LogP contribution in [0.4, 0.5) is 5.69 Å². The summed E-state index contributed by atoms with van der Waals surface area (Å²) in [6.45, 7) is 2.09. The summed E-state index contributed by atoms with van der Waals surface area (Å²) in [6.07, 6.45) is 0.533. The quantitative estimate of drug-likeness (QED) is 0.845. The van der Waals surface area contributed by atoms with Crippen LogP contribution >= 0.6 is 11.6 Å². The summed E-state index contributed by atoms with van der Waals surface area (Å²) >= 11 is 5.86. The SMILES string of the molecule is CCC(CNc1cccc(Cl)c1C#N)C(=O)O. The van der Waals surface area contributed by atoms with Gasteiger partial charge in [0, 0.05) is 6.54 Å². The summed E-state index contributed by atoms with van der Waals surface area (Å²) in [5, 5.41) is 21.2. The molecule has 0 radical (unpaired) electrons. The molecule has 0 aliphatic rings. The summed E-state index contributed by atoms with van der Waals surface area (Å²) in [5.41, 5.74) is 0.911. The molecule has 0 heterocycles. The maximum absolute atomic E-state index is 10.8. The van der Waals surface area contributed by atoms with Gasteiger partial charge in [0.25, 0.3) is 0 Å². The van der Waals surface area contributed by atoms with Crippen LogP contribution in [0.5, 0.6) is 0 Å². The third kappa shape index (κ3) is 3.36. The Hall–Kier alpha value is -1.73. The van der Waals surface area contributed by atoms with E-state index in [1.165, 1.54) is 0 Å². The fourth-order valence-electron chi connectivity index (χ4n) is 1.42. The van der Waals surface area contributed by atoms with Crippen LogP contribution in [0, 0.1) is 17.2 Å². The van der Waals surface area contributed by atoms with Crippen LogP contribution in [0.25, 0.3) is 0 Å². The van der Waals surface area contributed by atoms with Crippen molar-refractivity contribution in [2.24, 2.45) is 5.92 Å². The van der Waals surface area contributed by atoms with Crippen LogP contribution in [0.3, 0.4) is 0 Å². The minimum absolute atomic E-state index is 0.279. The summed E-state index contributed by atoms with van der Waals surface area (Å²) in [7, 11) is 0. The average Bonchev–Trinajstić information content (AvgIpc) is 2.29. The molecule has 17 heavy (non-hydrogen) atoms. The lowest BCUT2D eigenvalue weighted by Gasteiger charge is -2.13. The first-order chi connectivity index (χ1) is 8.10. The zero-order chi connectivity index (χ0) is 12.8. The molecule has 0 saturated carbocycles. The number of nitrogens with one attached hydrogen (secondary N) is 1. The highest BCUT2D eigenvalue weighted by molar-refractivity contribution is 6.32. The molecule has 90 valence electrons. The Kier molecular flexibility index (Phi) is 4.80. The van der Waals surface area contributed by atoms with Gasteiger partial charge in [0.05, 0.1) is 22.2 Å². The first-order valence-electron chi connectivity index (χ1n) is 5.25. The minimum atomic E-state index is -0.847.